The molecule has 4 rings (SSSR count). The van der Waals surface area contributed by atoms with Gasteiger partial charge in [0.25, 0.3) is 5.91 Å². The highest BCUT2D eigenvalue weighted by atomic mass is 19.3. The SMILES string of the molecule is COc1cc(-c2cnc3cc(C(C)(C)C#N)ccn23)cc(OC(F)F)c1C(=O)N[C@@H]1C[C@@H]1F. The van der Waals surface area contributed by atoms with Gasteiger partial charge in [0.05, 0.1) is 36.5 Å². The smallest absolute Gasteiger partial charge is 0.387 e. The Kier molecular flexibility index (Phi) is 5.66. The summed E-state index contributed by atoms with van der Waals surface area (Å²) in [5.41, 5.74) is 1.30. The number of nitriles is 1. The van der Waals surface area contributed by atoms with Crippen LogP contribution in [0, 0.1) is 11.3 Å². The molecule has 1 aliphatic carbocycles. The molecule has 1 N–H and O–H groups in total. The van der Waals surface area contributed by atoms with Crippen LogP contribution < -0.4 is 14.8 Å². The normalized spacial score (nSPS) is 17.6. The van der Waals surface area contributed by atoms with Crippen molar-refractivity contribution in [2.45, 2.75) is 44.5 Å². The quantitative estimate of drug-likeness (QED) is 0.572. The second-order valence-corrected chi connectivity index (χ2v) is 8.29. The van der Waals surface area contributed by atoms with Gasteiger partial charge in [-0.05, 0) is 43.7 Å². The van der Waals surface area contributed by atoms with Gasteiger partial charge in [0.2, 0.25) is 0 Å². The molecule has 10 heteroatoms. The average Bonchev–Trinajstić information content (AvgIpc) is 3.30. The van der Waals surface area contributed by atoms with Gasteiger partial charge in [-0.3, -0.25) is 9.20 Å². The Bertz CT molecular complexity index is 1270. The number of ether oxygens (including phenoxy) is 2. The number of aromatic nitrogens is 2. The molecular formula is C23H21F3N4O3. The van der Waals surface area contributed by atoms with E-state index in [2.05, 4.69) is 21.1 Å². The maximum atomic E-state index is 13.2. The molecule has 1 aromatic carbocycles. The standard InChI is InChI=1S/C23H21F3N4O3/c1-23(2,11-27)13-4-5-30-16(10-28-19(30)8-13)12-6-17(32-3)20(18(7-12)33-22(25)26)21(31)29-15-9-14(15)24/h4-8,10,14-15,22H,9H2,1-3H3,(H,29,31)/t14-,15+/m0/s1. The Balaban J connectivity index is 1.80. The minimum atomic E-state index is -3.19. The van der Waals surface area contributed by atoms with Crippen LogP contribution in [0.5, 0.6) is 11.5 Å². The summed E-state index contributed by atoms with van der Waals surface area (Å²) in [5, 5.41) is 11.8. The van der Waals surface area contributed by atoms with Crippen molar-refractivity contribution in [1.82, 2.24) is 14.7 Å². The number of benzene rings is 1. The van der Waals surface area contributed by atoms with E-state index >= 15 is 0 Å². The molecule has 7 nitrogen and oxygen atoms in total. The van der Waals surface area contributed by atoms with Crippen molar-refractivity contribution in [2.24, 2.45) is 0 Å². The molecule has 172 valence electrons. The Morgan fingerprint density at radius 2 is 2.03 bits per heavy atom. The van der Waals surface area contributed by atoms with E-state index < -0.39 is 35.9 Å². The summed E-state index contributed by atoms with van der Waals surface area (Å²) in [7, 11) is 1.29. The fraction of sp³-hybridized carbons (Fsp3) is 0.348. The van der Waals surface area contributed by atoms with Crippen LogP contribution in [0.2, 0.25) is 0 Å². The van der Waals surface area contributed by atoms with E-state index in [-0.39, 0.29) is 17.7 Å². The summed E-state index contributed by atoms with van der Waals surface area (Å²) in [6.45, 7) is 0.389. The average molecular weight is 458 g/mol. The molecule has 3 aromatic rings. The highest BCUT2D eigenvalue weighted by Crippen LogP contribution is 2.37. The van der Waals surface area contributed by atoms with Crippen LogP contribution >= 0.6 is 0 Å². The monoisotopic (exact) mass is 458 g/mol. The lowest BCUT2D eigenvalue weighted by Crippen LogP contribution is -2.28. The summed E-state index contributed by atoms with van der Waals surface area (Å²) < 4.78 is 51.2. The fourth-order valence-electron chi connectivity index (χ4n) is 3.51. The lowest BCUT2D eigenvalue weighted by atomic mass is 9.87. The number of pyridine rings is 1. The van der Waals surface area contributed by atoms with Gasteiger partial charge >= 0.3 is 6.61 Å². The third-order valence-electron chi connectivity index (χ3n) is 5.57. The zero-order valence-electron chi connectivity index (χ0n) is 18.1. The first-order chi connectivity index (χ1) is 15.6. The molecule has 1 aliphatic rings. The predicted octanol–water partition coefficient (Wildman–Crippen LogP) is 4.25. The van der Waals surface area contributed by atoms with Gasteiger partial charge in [-0.2, -0.15) is 14.0 Å². The van der Waals surface area contributed by atoms with E-state index in [0.29, 0.717) is 16.9 Å². The van der Waals surface area contributed by atoms with E-state index in [1.807, 2.05) is 0 Å². The number of imidazole rings is 1. The van der Waals surface area contributed by atoms with Crippen LogP contribution in [0.25, 0.3) is 16.9 Å². The molecule has 0 spiro atoms. The van der Waals surface area contributed by atoms with Crippen molar-refractivity contribution in [1.29, 1.82) is 5.26 Å². The third kappa shape index (κ3) is 4.31. The number of nitrogens with one attached hydrogen (secondary N) is 1. The van der Waals surface area contributed by atoms with Gasteiger partial charge in [0.15, 0.2) is 0 Å². The number of hydrogen-bond acceptors (Lipinski definition) is 5. The number of methoxy groups -OCH3 is 1. The second-order valence-electron chi connectivity index (χ2n) is 8.29. The van der Waals surface area contributed by atoms with Crippen LogP contribution in [-0.2, 0) is 5.41 Å². The van der Waals surface area contributed by atoms with Crippen molar-refractivity contribution in [3.63, 3.8) is 0 Å². The lowest BCUT2D eigenvalue weighted by molar-refractivity contribution is -0.0502. The van der Waals surface area contributed by atoms with Crippen molar-refractivity contribution >= 4 is 11.6 Å². The lowest BCUT2D eigenvalue weighted by Gasteiger charge is -2.17. The van der Waals surface area contributed by atoms with Crippen molar-refractivity contribution in [3.05, 3.63) is 47.8 Å². The van der Waals surface area contributed by atoms with Gasteiger partial charge in [-0.25, -0.2) is 9.37 Å². The van der Waals surface area contributed by atoms with Crippen LogP contribution in [0.1, 0.15) is 36.2 Å². The van der Waals surface area contributed by atoms with E-state index in [1.165, 1.54) is 25.4 Å². The number of fused-ring (bicyclic) bond motifs is 1. The molecule has 2 atom stereocenters. The number of carbonyl (C=O) groups is 1. The summed E-state index contributed by atoms with van der Waals surface area (Å²) in [6.07, 6.45) is 2.27. The van der Waals surface area contributed by atoms with Crippen LogP contribution in [0.4, 0.5) is 13.2 Å². The number of amides is 1. The molecular weight excluding hydrogens is 437 g/mol. The number of alkyl halides is 3. The maximum absolute atomic E-state index is 13.2. The van der Waals surface area contributed by atoms with Crippen molar-refractivity contribution in [3.8, 4) is 28.8 Å². The second kappa shape index (κ2) is 8.31. The zero-order valence-corrected chi connectivity index (χ0v) is 18.1. The minimum Gasteiger partial charge on any atom is -0.496 e. The topological polar surface area (TPSA) is 88.7 Å². The molecule has 33 heavy (non-hydrogen) atoms. The predicted molar refractivity (Wildman–Crippen MR) is 113 cm³/mol. The van der Waals surface area contributed by atoms with Crippen molar-refractivity contribution in [2.75, 3.05) is 7.11 Å². The molecule has 1 saturated carbocycles. The Hall–Kier alpha value is -3.74. The first-order valence-electron chi connectivity index (χ1n) is 10.2. The Morgan fingerprint density at radius 3 is 2.64 bits per heavy atom. The van der Waals surface area contributed by atoms with E-state index in [4.69, 9.17) is 4.74 Å². The first-order valence-corrected chi connectivity index (χ1v) is 10.2. The molecule has 0 unspecified atom stereocenters. The van der Waals surface area contributed by atoms with Gasteiger partial charge < -0.3 is 14.8 Å². The van der Waals surface area contributed by atoms with Crippen LogP contribution in [0.3, 0.4) is 0 Å². The number of carbonyl (C=O) groups excluding carboxylic acids is 1. The zero-order chi connectivity index (χ0) is 23.9. The first kappa shape index (κ1) is 22.5. The van der Waals surface area contributed by atoms with Gasteiger partial charge in [0, 0.05) is 18.2 Å². The molecule has 2 heterocycles. The van der Waals surface area contributed by atoms with Gasteiger partial charge in [-0.15, -0.1) is 0 Å². The summed E-state index contributed by atoms with van der Waals surface area (Å²) in [5.74, 6) is -1.17. The fourth-order valence-corrected chi connectivity index (χ4v) is 3.51. The Morgan fingerprint density at radius 1 is 1.33 bits per heavy atom. The largest absolute Gasteiger partial charge is 0.496 e. The molecule has 2 aromatic heterocycles. The number of rotatable bonds is 7. The number of halogens is 3. The molecule has 0 aliphatic heterocycles. The number of nitrogens with zero attached hydrogens (tertiary/aromatic N) is 3. The van der Waals surface area contributed by atoms with Crippen LogP contribution in [0.15, 0.2) is 36.7 Å². The molecule has 1 fully saturated rings. The highest BCUT2D eigenvalue weighted by Gasteiger charge is 2.40. The van der Waals surface area contributed by atoms with E-state index in [9.17, 15) is 23.2 Å². The summed E-state index contributed by atoms with van der Waals surface area (Å²) >= 11 is 0. The van der Waals surface area contributed by atoms with Crippen molar-refractivity contribution < 1.29 is 27.4 Å². The van der Waals surface area contributed by atoms with Gasteiger partial charge in [0.1, 0.15) is 28.9 Å². The molecule has 1 amide bonds. The molecule has 0 saturated heterocycles. The minimum absolute atomic E-state index is 0.00566. The number of hydrogen-bond donors (Lipinski definition) is 1. The third-order valence-corrected chi connectivity index (χ3v) is 5.57. The van der Waals surface area contributed by atoms with Gasteiger partial charge in [-0.1, -0.05) is 0 Å². The summed E-state index contributed by atoms with van der Waals surface area (Å²) in [4.78, 5) is 17.0. The maximum Gasteiger partial charge on any atom is 0.387 e. The molecule has 0 bridgehead atoms. The van der Waals surface area contributed by atoms with E-state index in [0.717, 1.165) is 5.56 Å². The van der Waals surface area contributed by atoms with E-state index in [1.54, 1.807) is 36.6 Å². The molecule has 0 radical (unpaired) electrons. The van der Waals surface area contributed by atoms with Crippen LogP contribution in [-0.4, -0.2) is 41.2 Å². The Labute approximate surface area is 187 Å². The highest BCUT2D eigenvalue weighted by molar-refractivity contribution is 6.01. The summed E-state index contributed by atoms with van der Waals surface area (Å²) in [6, 6.07) is 7.92.